The Morgan fingerprint density at radius 3 is 2.65 bits per heavy atom. The second kappa shape index (κ2) is 5.35. The summed E-state index contributed by atoms with van der Waals surface area (Å²) in [5.41, 5.74) is 3.53. The summed E-state index contributed by atoms with van der Waals surface area (Å²) in [5.74, 6) is 1.47. The third kappa shape index (κ3) is 2.47. The van der Waals surface area contributed by atoms with Crippen LogP contribution in [-0.2, 0) is 12.8 Å². The Bertz CT molecular complexity index is 759. The van der Waals surface area contributed by atoms with Gasteiger partial charge >= 0.3 is 0 Å². The van der Waals surface area contributed by atoms with Crippen LogP contribution in [0.5, 0.6) is 23.0 Å². The highest BCUT2D eigenvalue weighted by atomic mass is 16.7. The van der Waals surface area contributed by atoms with Gasteiger partial charge in [0.25, 0.3) is 0 Å². The molecule has 0 radical (unpaired) electrons. The summed E-state index contributed by atoms with van der Waals surface area (Å²) in [6, 6.07) is 9.39. The van der Waals surface area contributed by atoms with E-state index in [-0.39, 0.29) is 24.3 Å². The van der Waals surface area contributed by atoms with Crippen LogP contribution in [0.1, 0.15) is 22.7 Å². The molecule has 2 aromatic rings. The van der Waals surface area contributed by atoms with Gasteiger partial charge in [0.15, 0.2) is 23.0 Å². The van der Waals surface area contributed by atoms with E-state index in [1.807, 2.05) is 6.07 Å². The summed E-state index contributed by atoms with van der Waals surface area (Å²) in [4.78, 5) is 2.31. The first-order chi connectivity index (χ1) is 11.1. The van der Waals surface area contributed by atoms with Gasteiger partial charge in [-0.15, -0.1) is 0 Å². The summed E-state index contributed by atoms with van der Waals surface area (Å²) in [7, 11) is 2.11. The Morgan fingerprint density at radius 1 is 1.09 bits per heavy atom. The topological polar surface area (TPSA) is 62.2 Å². The standard InChI is InChI=1S/C18H19NO4/c1-19-5-4-12-8-17-18(23-10-22-17)9-13(12)14(19)6-11-2-3-15(20)16(21)7-11/h2-3,7-9,14,20-21H,4-6,10H2,1H3. The minimum Gasteiger partial charge on any atom is -0.504 e. The quantitative estimate of drug-likeness (QED) is 0.835. The molecule has 0 saturated carbocycles. The van der Waals surface area contributed by atoms with E-state index in [1.165, 1.54) is 17.2 Å². The normalized spacial score (nSPS) is 19.6. The van der Waals surface area contributed by atoms with Crippen LogP contribution in [0.2, 0.25) is 0 Å². The van der Waals surface area contributed by atoms with E-state index in [2.05, 4.69) is 24.1 Å². The van der Waals surface area contributed by atoms with Gasteiger partial charge in [0.05, 0.1) is 0 Å². The molecule has 0 fully saturated rings. The first-order valence-corrected chi connectivity index (χ1v) is 7.75. The Morgan fingerprint density at radius 2 is 1.87 bits per heavy atom. The van der Waals surface area contributed by atoms with E-state index in [0.29, 0.717) is 0 Å². The van der Waals surface area contributed by atoms with Gasteiger partial charge < -0.3 is 19.7 Å². The van der Waals surface area contributed by atoms with E-state index < -0.39 is 0 Å². The van der Waals surface area contributed by atoms with Gasteiger partial charge in [-0.25, -0.2) is 0 Å². The number of fused-ring (bicyclic) bond motifs is 2. The van der Waals surface area contributed by atoms with E-state index in [4.69, 9.17) is 9.47 Å². The molecule has 5 nitrogen and oxygen atoms in total. The molecule has 120 valence electrons. The van der Waals surface area contributed by atoms with Crippen molar-refractivity contribution in [3.63, 3.8) is 0 Å². The maximum absolute atomic E-state index is 9.72. The Balaban J connectivity index is 1.70. The highest BCUT2D eigenvalue weighted by molar-refractivity contribution is 5.51. The number of nitrogens with zero attached hydrogens (tertiary/aromatic N) is 1. The van der Waals surface area contributed by atoms with Crippen molar-refractivity contribution < 1.29 is 19.7 Å². The minimum atomic E-state index is -0.0884. The largest absolute Gasteiger partial charge is 0.504 e. The van der Waals surface area contributed by atoms with E-state index in [1.54, 1.807) is 6.07 Å². The number of phenolic OH excluding ortho intramolecular Hbond substituents is 2. The lowest BCUT2D eigenvalue weighted by molar-refractivity contribution is 0.174. The summed E-state index contributed by atoms with van der Waals surface area (Å²) in [5, 5.41) is 19.2. The summed E-state index contributed by atoms with van der Waals surface area (Å²) < 4.78 is 11.0. The van der Waals surface area contributed by atoms with Crippen molar-refractivity contribution in [2.75, 3.05) is 20.4 Å². The number of phenols is 2. The second-order valence-corrected chi connectivity index (χ2v) is 6.18. The van der Waals surface area contributed by atoms with Crippen molar-refractivity contribution in [2.24, 2.45) is 0 Å². The van der Waals surface area contributed by atoms with Crippen molar-refractivity contribution in [3.8, 4) is 23.0 Å². The van der Waals surface area contributed by atoms with Crippen molar-refractivity contribution in [1.29, 1.82) is 0 Å². The lowest BCUT2D eigenvalue weighted by atomic mass is 9.88. The monoisotopic (exact) mass is 313 g/mol. The molecule has 0 aliphatic carbocycles. The molecule has 1 atom stereocenters. The Labute approximate surface area is 134 Å². The van der Waals surface area contributed by atoms with Gasteiger partial charge in [-0.2, -0.15) is 0 Å². The molecule has 2 heterocycles. The van der Waals surface area contributed by atoms with E-state index >= 15 is 0 Å². The fourth-order valence-electron chi connectivity index (χ4n) is 3.40. The van der Waals surface area contributed by atoms with Crippen LogP contribution in [0.3, 0.4) is 0 Å². The molecular formula is C18H19NO4. The predicted octanol–water partition coefficient (Wildman–Crippen LogP) is 2.60. The second-order valence-electron chi connectivity index (χ2n) is 6.18. The summed E-state index contributed by atoms with van der Waals surface area (Å²) in [6.07, 6.45) is 1.75. The predicted molar refractivity (Wildman–Crippen MR) is 85.1 cm³/mol. The van der Waals surface area contributed by atoms with Crippen LogP contribution in [0, 0.1) is 0 Å². The molecule has 0 saturated heterocycles. The molecule has 1 unspecified atom stereocenters. The van der Waals surface area contributed by atoms with Gasteiger partial charge in [0.1, 0.15) is 0 Å². The molecule has 0 spiro atoms. The molecule has 5 heteroatoms. The maximum Gasteiger partial charge on any atom is 0.231 e. The number of aromatic hydroxyl groups is 2. The lowest BCUT2D eigenvalue weighted by Gasteiger charge is -2.35. The molecule has 0 amide bonds. The van der Waals surface area contributed by atoms with Crippen molar-refractivity contribution in [2.45, 2.75) is 18.9 Å². The number of benzene rings is 2. The van der Waals surface area contributed by atoms with Crippen LogP contribution in [0.4, 0.5) is 0 Å². The van der Waals surface area contributed by atoms with Gasteiger partial charge in [0, 0.05) is 12.6 Å². The lowest BCUT2D eigenvalue weighted by Crippen LogP contribution is -2.33. The average molecular weight is 313 g/mol. The third-order valence-electron chi connectivity index (χ3n) is 4.73. The number of hydrogen-bond donors (Lipinski definition) is 2. The zero-order valence-corrected chi connectivity index (χ0v) is 13.0. The first kappa shape index (κ1) is 14.2. The molecule has 4 rings (SSSR count). The summed E-state index contributed by atoms with van der Waals surface area (Å²) >= 11 is 0. The average Bonchev–Trinajstić information content (AvgIpc) is 2.99. The maximum atomic E-state index is 9.72. The molecule has 2 aromatic carbocycles. The Kier molecular flexibility index (Phi) is 3.31. The van der Waals surface area contributed by atoms with Gasteiger partial charge in [0.2, 0.25) is 6.79 Å². The fourth-order valence-corrected chi connectivity index (χ4v) is 3.40. The third-order valence-corrected chi connectivity index (χ3v) is 4.73. The van der Waals surface area contributed by atoms with Crippen LogP contribution >= 0.6 is 0 Å². The van der Waals surface area contributed by atoms with Crippen LogP contribution in [0.25, 0.3) is 0 Å². The van der Waals surface area contributed by atoms with Crippen molar-refractivity contribution >= 4 is 0 Å². The summed E-state index contributed by atoms with van der Waals surface area (Å²) in [6.45, 7) is 1.26. The molecule has 2 aliphatic heterocycles. The zero-order chi connectivity index (χ0) is 16.0. The SMILES string of the molecule is CN1CCc2cc3c(cc2C1Cc1ccc(O)c(O)c1)OCO3. The van der Waals surface area contributed by atoms with Gasteiger partial charge in [-0.1, -0.05) is 6.07 Å². The van der Waals surface area contributed by atoms with Crippen molar-refractivity contribution in [1.82, 2.24) is 4.90 Å². The first-order valence-electron chi connectivity index (χ1n) is 7.75. The van der Waals surface area contributed by atoms with E-state index in [0.717, 1.165) is 36.4 Å². The van der Waals surface area contributed by atoms with Gasteiger partial charge in [-0.3, -0.25) is 4.90 Å². The number of likely N-dealkylation sites (N-methyl/N-ethyl adjacent to an activating group) is 1. The zero-order valence-electron chi connectivity index (χ0n) is 13.0. The molecule has 0 bridgehead atoms. The van der Waals surface area contributed by atoms with Crippen LogP contribution in [-0.4, -0.2) is 35.5 Å². The molecule has 0 aromatic heterocycles. The Hall–Kier alpha value is -2.40. The molecule has 2 aliphatic rings. The molecule has 23 heavy (non-hydrogen) atoms. The fraction of sp³-hybridized carbons (Fsp3) is 0.333. The van der Waals surface area contributed by atoms with Crippen LogP contribution < -0.4 is 9.47 Å². The number of rotatable bonds is 2. The number of hydrogen-bond acceptors (Lipinski definition) is 5. The minimum absolute atomic E-state index is 0.0770. The molecular weight excluding hydrogens is 294 g/mol. The van der Waals surface area contributed by atoms with E-state index in [9.17, 15) is 10.2 Å². The smallest absolute Gasteiger partial charge is 0.231 e. The van der Waals surface area contributed by atoms with Crippen molar-refractivity contribution in [3.05, 3.63) is 47.0 Å². The number of ether oxygens (including phenoxy) is 2. The van der Waals surface area contributed by atoms with Gasteiger partial charge in [-0.05, 0) is 60.8 Å². The van der Waals surface area contributed by atoms with Crippen LogP contribution in [0.15, 0.2) is 30.3 Å². The highest BCUT2D eigenvalue weighted by Crippen LogP contribution is 2.41. The molecule has 2 N–H and O–H groups in total. The highest BCUT2D eigenvalue weighted by Gasteiger charge is 2.28.